The van der Waals surface area contributed by atoms with Crippen LogP contribution in [0.2, 0.25) is 0 Å². The Kier molecular flexibility index (Phi) is 4.52. The Morgan fingerprint density at radius 1 is 0.964 bits per heavy atom. The minimum absolute atomic E-state index is 0.0897. The number of benzene rings is 2. The van der Waals surface area contributed by atoms with Crippen molar-refractivity contribution in [1.29, 1.82) is 0 Å². The summed E-state index contributed by atoms with van der Waals surface area (Å²) >= 11 is 0. The minimum atomic E-state index is -4.16. The third-order valence-corrected chi connectivity index (χ3v) is 6.04. The summed E-state index contributed by atoms with van der Waals surface area (Å²) < 4.78 is 57.0. The van der Waals surface area contributed by atoms with Crippen molar-refractivity contribution in [2.24, 2.45) is 0 Å². The van der Waals surface area contributed by atoms with Gasteiger partial charge in [-0.2, -0.15) is 0 Å². The van der Waals surface area contributed by atoms with Crippen LogP contribution < -0.4 is 4.31 Å². The number of pyridine rings is 1. The zero-order valence-corrected chi connectivity index (χ0v) is 15.2. The Morgan fingerprint density at radius 2 is 1.71 bits per heavy atom. The van der Waals surface area contributed by atoms with Crippen molar-refractivity contribution >= 4 is 21.4 Å². The van der Waals surface area contributed by atoms with Gasteiger partial charge in [-0.05, 0) is 42.5 Å². The summed E-state index contributed by atoms with van der Waals surface area (Å²) in [4.78, 5) is -0.0897. The normalized spacial score (nSPS) is 11.6. The zero-order chi connectivity index (χ0) is 19.7. The molecular formula is C19H14F2N4O2S. The van der Waals surface area contributed by atoms with Crippen LogP contribution in [-0.4, -0.2) is 23.0 Å². The largest absolute Gasteiger partial charge is 0.288 e. The molecule has 0 spiro atoms. The molecule has 0 saturated heterocycles. The molecule has 0 aliphatic heterocycles. The SMILES string of the molecule is O=S(=O)(c1cccn2cnnc12)N(Cc1ccccc1F)c1ccc(F)cc1. The number of halogens is 2. The molecule has 0 unspecified atom stereocenters. The van der Waals surface area contributed by atoms with Crippen LogP contribution in [0, 0.1) is 11.6 Å². The molecule has 2 heterocycles. The van der Waals surface area contributed by atoms with E-state index in [4.69, 9.17) is 0 Å². The standard InChI is InChI=1S/C19H14F2N4O2S/c20-15-7-9-16(10-8-15)25(12-14-4-1-2-5-17(14)21)28(26,27)18-6-3-11-24-13-22-23-19(18)24/h1-11,13H,12H2. The topological polar surface area (TPSA) is 67.6 Å². The highest BCUT2D eigenvalue weighted by Crippen LogP contribution is 2.28. The van der Waals surface area contributed by atoms with Gasteiger partial charge < -0.3 is 0 Å². The molecule has 0 aliphatic rings. The molecule has 0 N–H and O–H groups in total. The molecule has 4 rings (SSSR count). The van der Waals surface area contributed by atoms with Gasteiger partial charge in [-0.25, -0.2) is 17.2 Å². The van der Waals surface area contributed by atoms with Crippen LogP contribution in [0.25, 0.3) is 5.65 Å². The van der Waals surface area contributed by atoms with Crippen LogP contribution in [-0.2, 0) is 16.6 Å². The molecule has 2 aromatic carbocycles. The first-order valence-electron chi connectivity index (χ1n) is 8.27. The molecule has 0 fully saturated rings. The fourth-order valence-corrected chi connectivity index (χ4v) is 4.42. The van der Waals surface area contributed by atoms with Crippen molar-refractivity contribution < 1.29 is 17.2 Å². The number of sulfonamides is 1. The Hall–Kier alpha value is -3.33. The van der Waals surface area contributed by atoms with Gasteiger partial charge in [0.05, 0.1) is 12.2 Å². The van der Waals surface area contributed by atoms with Crippen molar-refractivity contribution in [3.05, 3.63) is 90.4 Å². The number of hydrogen-bond donors (Lipinski definition) is 0. The maximum absolute atomic E-state index is 14.2. The predicted molar refractivity (Wildman–Crippen MR) is 99.2 cm³/mol. The van der Waals surface area contributed by atoms with E-state index in [9.17, 15) is 17.2 Å². The molecule has 0 atom stereocenters. The van der Waals surface area contributed by atoms with Crippen LogP contribution >= 0.6 is 0 Å². The van der Waals surface area contributed by atoms with Crippen LogP contribution in [0.15, 0.2) is 78.1 Å². The maximum Gasteiger partial charge on any atom is 0.268 e. The van der Waals surface area contributed by atoms with Gasteiger partial charge in [-0.1, -0.05) is 18.2 Å². The first-order valence-corrected chi connectivity index (χ1v) is 9.71. The number of nitrogens with zero attached hydrogens (tertiary/aromatic N) is 4. The second kappa shape index (κ2) is 7.01. The lowest BCUT2D eigenvalue weighted by molar-refractivity contribution is 0.585. The lowest BCUT2D eigenvalue weighted by Crippen LogP contribution is -2.31. The van der Waals surface area contributed by atoms with Crippen molar-refractivity contribution in [3.63, 3.8) is 0 Å². The second-order valence-corrected chi connectivity index (χ2v) is 7.84. The first-order chi connectivity index (χ1) is 13.5. The Morgan fingerprint density at radius 3 is 2.46 bits per heavy atom. The van der Waals surface area contributed by atoms with Gasteiger partial charge in [0.2, 0.25) is 0 Å². The first kappa shape index (κ1) is 18.1. The van der Waals surface area contributed by atoms with Crippen LogP contribution in [0.5, 0.6) is 0 Å². The number of hydrogen-bond acceptors (Lipinski definition) is 4. The highest BCUT2D eigenvalue weighted by molar-refractivity contribution is 7.93. The molecule has 0 aliphatic carbocycles. The molecule has 0 bridgehead atoms. The molecule has 9 heteroatoms. The van der Waals surface area contributed by atoms with Crippen molar-refractivity contribution in [1.82, 2.24) is 14.6 Å². The van der Waals surface area contributed by atoms with Gasteiger partial charge in [0.15, 0.2) is 5.65 Å². The van der Waals surface area contributed by atoms with E-state index in [1.807, 2.05) is 0 Å². The molecule has 6 nitrogen and oxygen atoms in total. The Bertz CT molecular complexity index is 1240. The summed E-state index contributed by atoms with van der Waals surface area (Å²) in [6.07, 6.45) is 3.00. The molecular weight excluding hydrogens is 386 g/mol. The Balaban J connectivity index is 1.88. The predicted octanol–water partition coefficient (Wildman–Crippen LogP) is 3.40. The van der Waals surface area contributed by atoms with E-state index < -0.39 is 21.7 Å². The third-order valence-electron chi connectivity index (χ3n) is 4.24. The molecule has 28 heavy (non-hydrogen) atoms. The zero-order valence-electron chi connectivity index (χ0n) is 14.4. The summed E-state index contributed by atoms with van der Waals surface area (Å²) in [7, 11) is -4.16. The summed E-state index contributed by atoms with van der Waals surface area (Å²) in [5, 5.41) is 7.61. The average Bonchev–Trinajstić information content (AvgIpc) is 3.17. The smallest absolute Gasteiger partial charge is 0.268 e. The highest BCUT2D eigenvalue weighted by Gasteiger charge is 2.29. The van der Waals surface area contributed by atoms with Crippen molar-refractivity contribution in [2.75, 3.05) is 4.31 Å². The summed E-state index contributed by atoms with van der Waals surface area (Å²) in [5.41, 5.74) is 0.526. The van der Waals surface area contributed by atoms with E-state index in [0.717, 1.165) is 16.4 Å². The average molecular weight is 400 g/mol. The van der Waals surface area contributed by atoms with E-state index in [0.29, 0.717) is 0 Å². The van der Waals surface area contributed by atoms with E-state index in [2.05, 4.69) is 10.2 Å². The molecule has 2 aromatic heterocycles. The number of aromatic nitrogens is 3. The van der Waals surface area contributed by atoms with Gasteiger partial charge >= 0.3 is 0 Å². The van der Waals surface area contributed by atoms with Gasteiger partial charge in [0.25, 0.3) is 10.0 Å². The maximum atomic E-state index is 14.2. The fourth-order valence-electron chi connectivity index (χ4n) is 2.85. The lowest BCUT2D eigenvalue weighted by atomic mass is 10.2. The van der Waals surface area contributed by atoms with E-state index >= 15 is 0 Å². The van der Waals surface area contributed by atoms with Crippen molar-refractivity contribution in [2.45, 2.75) is 11.4 Å². The van der Waals surface area contributed by atoms with E-state index in [-0.39, 0.29) is 28.3 Å². The van der Waals surface area contributed by atoms with Crippen LogP contribution in [0.4, 0.5) is 14.5 Å². The quantitative estimate of drug-likeness (QED) is 0.515. The third kappa shape index (κ3) is 3.20. The lowest BCUT2D eigenvalue weighted by Gasteiger charge is -2.25. The van der Waals surface area contributed by atoms with E-state index in [1.165, 1.54) is 47.1 Å². The molecule has 142 valence electrons. The minimum Gasteiger partial charge on any atom is -0.288 e. The van der Waals surface area contributed by atoms with Gasteiger partial charge in [0.1, 0.15) is 22.9 Å². The number of fused-ring (bicyclic) bond motifs is 1. The Labute approximate surface area is 159 Å². The summed E-state index contributed by atoms with van der Waals surface area (Å²) in [5.74, 6) is -1.04. The van der Waals surface area contributed by atoms with Gasteiger partial charge in [-0.3, -0.25) is 8.71 Å². The van der Waals surface area contributed by atoms with Gasteiger partial charge in [-0.15, -0.1) is 10.2 Å². The number of rotatable bonds is 5. The van der Waals surface area contributed by atoms with Crippen LogP contribution in [0.1, 0.15) is 5.56 Å². The summed E-state index contributed by atoms with van der Waals surface area (Å²) in [6, 6.07) is 13.8. The monoisotopic (exact) mass is 400 g/mol. The van der Waals surface area contributed by atoms with Gasteiger partial charge in [0, 0.05) is 11.8 Å². The van der Waals surface area contributed by atoms with Crippen molar-refractivity contribution in [3.8, 4) is 0 Å². The molecule has 4 aromatic rings. The molecule has 0 saturated carbocycles. The fraction of sp³-hybridized carbons (Fsp3) is 0.0526. The summed E-state index contributed by atoms with van der Waals surface area (Å²) in [6.45, 7) is -0.268. The second-order valence-electron chi connectivity index (χ2n) is 6.01. The molecule has 0 radical (unpaired) electrons. The van der Waals surface area contributed by atoms with Crippen LogP contribution in [0.3, 0.4) is 0 Å². The highest BCUT2D eigenvalue weighted by atomic mass is 32.2. The molecule has 0 amide bonds. The number of anilines is 1. The van der Waals surface area contributed by atoms with E-state index in [1.54, 1.807) is 18.3 Å².